The summed E-state index contributed by atoms with van der Waals surface area (Å²) in [6, 6.07) is 14.4. The second-order valence-corrected chi connectivity index (χ2v) is 4.95. The van der Waals surface area contributed by atoms with Crippen LogP contribution < -0.4 is 16.0 Å². The van der Waals surface area contributed by atoms with Gasteiger partial charge in [0.15, 0.2) is 0 Å². The second kappa shape index (κ2) is 5.61. The molecule has 2 aromatic carbocycles. The van der Waals surface area contributed by atoms with E-state index >= 15 is 0 Å². The number of halogens is 1. The van der Waals surface area contributed by atoms with Gasteiger partial charge < -0.3 is 4.74 Å². The molecule has 1 aliphatic rings. The number of hydrogen-bond acceptors (Lipinski definition) is 3. The number of ether oxygens (including phenoxy) is 1. The normalized spacial score (nSPS) is 19.0. The van der Waals surface area contributed by atoms with Crippen LogP contribution in [0, 0.1) is 5.82 Å². The molecule has 0 radical (unpaired) electrons. The maximum atomic E-state index is 14.0. The molecular formula is C16H17FN2O. The summed E-state index contributed by atoms with van der Waals surface area (Å²) >= 11 is 0. The third kappa shape index (κ3) is 2.28. The quantitative estimate of drug-likeness (QED) is 0.667. The van der Waals surface area contributed by atoms with Crippen LogP contribution in [0.5, 0.6) is 5.75 Å². The summed E-state index contributed by atoms with van der Waals surface area (Å²) in [5, 5.41) is 0. The number of hydrogen-bond donors (Lipinski definition) is 2. The van der Waals surface area contributed by atoms with Crippen molar-refractivity contribution >= 4 is 0 Å². The molecule has 2 unspecified atom stereocenters. The van der Waals surface area contributed by atoms with Crippen LogP contribution in [-0.2, 0) is 0 Å². The summed E-state index contributed by atoms with van der Waals surface area (Å²) in [5.74, 6) is 6.43. The average Bonchev–Trinajstić information content (AvgIpc) is 2.50. The zero-order chi connectivity index (χ0) is 13.9. The van der Waals surface area contributed by atoms with Crippen LogP contribution in [0.15, 0.2) is 48.5 Å². The first-order valence-corrected chi connectivity index (χ1v) is 6.73. The molecule has 0 saturated carbocycles. The predicted octanol–water partition coefficient (Wildman–Crippen LogP) is 2.90. The number of rotatable bonds is 3. The molecule has 2 atom stereocenters. The van der Waals surface area contributed by atoms with E-state index in [9.17, 15) is 4.39 Å². The molecule has 1 aliphatic heterocycles. The van der Waals surface area contributed by atoms with E-state index in [-0.39, 0.29) is 17.8 Å². The molecule has 0 aromatic heterocycles. The maximum Gasteiger partial charge on any atom is 0.128 e. The van der Waals surface area contributed by atoms with Gasteiger partial charge in [0.1, 0.15) is 11.6 Å². The van der Waals surface area contributed by atoms with Crippen LogP contribution in [0.1, 0.15) is 29.5 Å². The van der Waals surface area contributed by atoms with Gasteiger partial charge in [0.2, 0.25) is 0 Å². The van der Waals surface area contributed by atoms with Crippen LogP contribution >= 0.6 is 0 Å². The number of para-hydroxylation sites is 1. The number of fused-ring (bicyclic) bond motifs is 1. The molecule has 0 bridgehead atoms. The zero-order valence-corrected chi connectivity index (χ0v) is 11.1. The van der Waals surface area contributed by atoms with Gasteiger partial charge in [-0.15, -0.1) is 0 Å². The van der Waals surface area contributed by atoms with E-state index in [0.29, 0.717) is 12.2 Å². The summed E-state index contributed by atoms with van der Waals surface area (Å²) in [6.45, 7) is 0.619. The van der Waals surface area contributed by atoms with Crippen LogP contribution in [0.3, 0.4) is 0 Å². The van der Waals surface area contributed by atoms with E-state index in [1.54, 1.807) is 12.1 Å². The number of hydrazine groups is 1. The highest BCUT2D eigenvalue weighted by Gasteiger charge is 2.30. The Hall–Kier alpha value is -1.91. The molecule has 3 rings (SSSR count). The average molecular weight is 272 g/mol. The second-order valence-electron chi connectivity index (χ2n) is 4.95. The lowest BCUT2D eigenvalue weighted by Gasteiger charge is -2.32. The molecular weight excluding hydrogens is 255 g/mol. The smallest absolute Gasteiger partial charge is 0.128 e. The predicted molar refractivity (Wildman–Crippen MR) is 75.8 cm³/mol. The van der Waals surface area contributed by atoms with Crippen molar-refractivity contribution in [2.75, 3.05) is 6.61 Å². The lowest BCUT2D eigenvalue weighted by atomic mass is 9.83. The molecule has 0 amide bonds. The minimum atomic E-state index is -0.263. The van der Waals surface area contributed by atoms with E-state index in [4.69, 9.17) is 10.6 Å². The molecule has 3 N–H and O–H groups in total. The van der Waals surface area contributed by atoms with Gasteiger partial charge >= 0.3 is 0 Å². The molecule has 2 aromatic rings. The Morgan fingerprint density at radius 2 is 1.90 bits per heavy atom. The molecule has 3 nitrogen and oxygen atoms in total. The van der Waals surface area contributed by atoms with Gasteiger partial charge in [0, 0.05) is 11.5 Å². The Morgan fingerprint density at radius 3 is 2.70 bits per heavy atom. The van der Waals surface area contributed by atoms with Gasteiger partial charge in [-0.1, -0.05) is 36.4 Å². The fourth-order valence-electron chi connectivity index (χ4n) is 2.87. The molecule has 0 aliphatic carbocycles. The largest absolute Gasteiger partial charge is 0.493 e. The van der Waals surface area contributed by atoms with E-state index in [2.05, 4.69) is 5.43 Å². The Balaban J connectivity index is 2.01. The molecule has 0 spiro atoms. The van der Waals surface area contributed by atoms with Crippen LogP contribution in [0.2, 0.25) is 0 Å². The van der Waals surface area contributed by atoms with Gasteiger partial charge in [-0.2, -0.15) is 0 Å². The van der Waals surface area contributed by atoms with E-state index in [1.807, 2.05) is 30.3 Å². The van der Waals surface area contributed by atoms with Crippen molar-refractivity contribution < 1.29 is 9.13 Å². The van der Waals surface area contributed by atoms with Crippen molar-refractivity contribution in [3.63, 3.8) is 0 Å². The highest BCUT2D eigenvalue weighted by molar-refractivity contribution is 5.40. The molecule has 20 heavy (non-hydrogen) atoms. The molecule has 1 heterocycles. The SMILES string of the molecule is NNC(c1ccccc1F)C1CCOc2ccccc21. The molecule has 0 fully saturated rings. The fourth-order valence-corrected chi connectivity index (χ4v) is 2.87. The lowest BCUT2D eigenvalue weighted by Crippen LogP contribution is -2.35. The Kier molecular flexibility index (Phi) is 3.67. The first-order chi connectivity index (χ1) is 9.81. The molecule has 4 heteroatoms. The zero-order valence-electron chi connectivity index (χ0n) is 11.1. The van der Waals surface area contributed by atoms with Crippen molar-refractivity contribution in [2.24, 2.45) is 5.84 Å². The van der Waals surface area contributed by atoms with Crippen LogP contribution in [-0.4, -0.2) is 6.61 Å². The van der Waals surface area contributed by atoms with Gasteiger partial charge in [-0.05, 0) is 24.1 Å². The van der Waals surface area contributed by atoms with E-state index in [1.165, 1.54) is 6.07 Å². The highest BCUT2D eigenvalue weighted by atomic mass is 19.1. The monoisotopic (exact) mass is 272 g/mol. The Labute approximate surface area is 117 Å². The third-order valence-corrected chi connectivity index (χ3v) is 3.83. The van der Waals surface area contributed by atoms with Gasteiger partial charge in [0.25, 0.3) is 0 Å². The van der Waals surface area contributed by atoms with Gasteiger partial charge in [-0.25, -0.2) is 4.39 Å². The highest BCUT2D eigenvalue weighted by Crippen LogP contribution is 2.41. The van der Waals surface area contributed by atoms with Crippen LogP contribution in [0.25, 0.3) is 0 Å². The summed E-state index contributed by atoms with van der Waals surface area (Å²) in [6.07, 6.45) is 0.806. The fraction of sp³-hybridized carbons (Fsp3) is 0.250. The minimum absolute atomic E-state index is 0.0989. The van der Waals surface area contributed by atoms with Crippen molar-refractivity contribution in [3.05, 3.63) is 65.5 Å². The number of nitrogens with two attached hydrogens (primary N) is 1. The van der Waals surface area contributed by atoms with Crippen molar-refractivity contribution in [1.29, 1.82) is 0 Å². The first kappa shape index (κ1) is 13.1. The van der Waals surface area contributed by atoms with Gasteiger partial charge in [-0.3, -0.25) is 11.3 Å². The van der Waals surface area contributed by atoms with Gasteiger partial charge in [0.05, 0.1) is 12.6 Å². The van der Waals surface area contributed by atoms with E-state index < -0.39 is 0 Å². The Bertz CT molecular complexity index is 603. The lowest BCUT2D eigenvalue weighted by molar-refractivity contribution is 0.245. The summed E-state index contributed by atoms with van der Waals surface area (Å²) < 4.78 is 19.7. The third-order valence-electron chi connectivity index (χ3n) is 3.83. The van der Waals surface area contributed by atoms with Crippen molar-refractivity contribution in [1.82, 2.24) is 5.43 Å². The number of nitrogens with one attached hydrogen (secondary N) is 1. The summed E-state index contributed by atoms with van der Waals surface area (Å²) in [4.78, 5) is 0. The maximum absolute atomic E-state index is 14.0. The topological polar surface area (TPSA) is 47.3 Å². The first-order valence-electron chi connectivity index (χ1n) is 6.73. The molecule has 0 saturated heterocycles. The number of benzene rings is 2. The van der Waals surface area contributed by atoms with E-state index in [0.717, 1.165) is 17.7 Å². The van der Waals surface area contributed by atoms with Crippen LogP contribution in [0.4, 0.5) is 4.39 Å². The Morgan fingerprint density at radius 1 is 1.15 bits per heavy atom. The summed E-state index contributed by atoms with van der Waals surface area (Å²) in [5.41, 5.74) is 4.44. The minimum Gasteiger partial charge on any atom is -0.493 e. The standard InChI is InChI=1S/C16H17FN2O/c17-14-7-3-1-6-13(14)16(19-18)12-9-10-20-15-8-4-2-5-11(12)15/h1-8,12,16,19H,9-10,18H2. The molecule has 104 valence electrons. The van der Waals surface area contributed by atoms with Crippen molar-refractivity contribution in [2.45, 2.75) is 18.4 Å². The summed E-state index contributed by atoms with van der Waals surface area (Å²) in [7, 11) is 0. The van der Waals surface area contributed by atoms with Crippen molar-refractivity contribution in [3.8, 4) is 5.75 Å².